The van der Waals surface area contributed by atoms with Gasteiger partial charge in [-0.3, -0.25) is 0 Å². The highest BCUT2D eigenvalue weighted by Gasteiger charge is 2.11. The second kappa shape index (κ2) is 3.25. The highest BCUT2D eigenvalue weighted by Crippen LogP contribution is 2.02. The second-order valence-electron chi connectivity index (χ2n) is 2.10. The summed E-state index contributed by atoms with van der Waals surface area (Å²) >= 11 is 0. The van der Waals surface area contributed by atoms with Crippen LogP contribution >= 0.6 is 0 Å². The zero-order chi connectivity index (χ0) is 7.40. The van der Waals surface area contributed by atoms with Crippen LogP contribution in [0.3, 0.4) is 0 Å². The van der Waals surface area contributed by atoms with E-state index in [1.807, 2.05) is 4.90 Å². The standard InChI is InChI=1S/C7H11NO2/c1-2-10-7(9)3-4-8-5-6-8/h3-4H,2,5-6H2,1H3/b4-3-. The van der Waals surface area contributed by atoms with Crippen molar-refractivity contribution in [3.63, 3.8) is 0 Å². The molecule has 1 rings (SSSR count). The monoisotopic (exact) mass is 141 g/mol. The Bertz CT molecular complexity index is 150. The molecule has 0 aromatic carbocycles. The Morgan fingerprint density at radius 2 is 2.40 bits per heavy atom. The third-order valence-electron chi connectivity index (χ3n) is 1.19. The number of hydrogen-bond acceptors (Lipinski definition) is 3. The minimum absolute atomic E-state index is 0.255. The van der Waals surface area contributed by atoms with E-state index < -0.39 is 0 Å². The first-order chi connectivity index (χ1) is 4.83. The molecule has 1 aliphatic heterocycles. The molecule has 0 radical (unpaired) electrons. The fourth-order valence-corrected chi connectivity index (χ4v) is 0.563. The topological polar surface area (TPSA) is 29.3 Å². The third kappa shape index (κ3) is 2.53. The lowest BCUT2D eigenvalue weighted by Gasteiger charge is -1.94. The molecule has 0 N–H and O–H groups in total. The Kier molecular flexibility index (Phi) is 2.31. The van der Waals surface area contributed by atoms with Crippen LogP contribution in [0.4, 0.5) is 0 Å². The van der Waals surface area contributed by atoms with Crippen LogP contribution in [0.1, 0.15) is 6.92 Å². The predicted octanol–water partition coefficient (Wildman–Crippen LogP) is 0.379. The molecule has 0 saturated carbocycles. The van der Waals surface area contributed by atoms with Gasteiger partial charge in [-0.05, 0) is 6.92 Å². The van der Waals surface area contributed by atoms with E-state index in [4.69, 9.17) is 0 Å². The summed E-state index contributed by atoms with van der Waals surface area (Å²) in [6.07, 6.45) is 3.22. The van der Waals surface area contributed by atoms with Crippen molar-refractivity contribution in [1.82, 2.24) is 4.90 Å². The highest BCUT2D eigenvalue weighted by atomic mass is 16.5. The molecule has 1 saturated heterocycles. The molecular formula is C7H11NO2. The van der Waals surface area contributed by atoms with Crippen LogP contribution in [-0.2, 0) is 9.53 Å². The average molecular weight is 141 g/mol. The van der Waals surface area contributed by atoms with Crippen LogP contribution < -0.4 is 0 Å². The minimum atomic E-state index is -0.255. The molecule has 1 fully saturated rings. The van der Waals surface area contributed by atoms with E-state index in [1.165, 1.54) is 6.08 Å². The summed E-state index contributed by atoms with van der Waals surface area (Å²) in [5.74, 6) is -0.255. The molecule has 1 aliphatic rings. The lowest BCUT2D eigenvalue weighted by atomic mass is 10.6. The Morgan fingerprint density at radius 1 is 1.70 bits per heavy atom. The molecule has 0 aromatic rings. The summed E-state index contributed by atoms with van der Waals surface area (Å²) < 4.78 is 4.67. The molecule has 0 unspecified atom stereocenters. The maximum atomic E-state index is 10.6. The van der Waals surface area contributed by atoms with Crippen LogP contribution in [0.25, 0.3) is 0 Å². The van der Waals surface area contributed by atoms with Gasteiger partial charge in [0, 0.05) is 25.4 Å². The molecule has 0 atom stereocenters. The Labute approximate surface area is 60.3 Å². The molecule has 0 aromatic heterocycles. The summed E-state index contributed by atoms with van der Waals surface area (Å²) in [6.45, 7) is 4.37. The molecule has 0 aliphatic carbocycles. The first kappa shape index (κ1) is 7.12. The van der Waals surface area contributed by atoms with Gasteiger partial charge in [-0.1, -0.05) is 0 Å². The number of carbonyl (C=O) groups excluding carboxylic acids is 1. The summed E-state index contributed by atoms with van der Waals surface area (Å²) in [6, 6.07) is 0. The van der Waals surface area contributed by atoms with E-state index in [0.29, 0.717) is 6.61 Å². The number of ether oxygens (including phenoxy) is 1. The molecule has 0 spiro atoms. The van der Waals surface area contributed by atoms with Crippen LogP contribution in [0.5, 0.6) is 0 Å². The van der Waals surface area contributed by atoms with Gasteiger partial charge in [-0.2, -0.15) is 0 Å². The molecule has 56 valence electrons. The van der Waals surface area contributed by atoms with Crippen molar-refractivity contribution in [3.05, 3.63) is 12.3 Å². The molecule has 0 amide bonds. The van der Waals surface area contributed by atoms with Gasteiger partial charge in [0.25, 0.3) is 0 Å². The minimum Gasteiger partial charge on any atom is -0.463 e. The Balaban J connectivity index is 2.15. The Morgan fingerprint density at radius 3 is 2.90 bits per heavy atom. The molecule has 0 bridgehead atoms. The number of esters is 1. The molecular weight excluding hydrogens is 130 g/mol. The van der Waals surface area contributed by atoms with E-state index >= 15 is 0 Å². The van der Waals surface area contributed by atoms with E-state index in [2.05, 4.69) is 4.74 Å². The van der Waals surface area contributed by atoms with Crippen molar-refractivity contribution >= 4 is 5.97 Å². The fraction of sp³-hybridized carbons (Fsp3) is 0.571. The van der Waals surface area contributed by atoms with Crippen molar-refractivity contribution < 1.29 is 9.53 Å². The van der Waals surface area contributed by atoms with Gasteiger partial charge in [0.1, 0.15) is 0 Å². The van der Waals surface area contributed by atoms with Gasteiger partial charge in [0.2, 0.25) is 0 Å². The largest absolute Gasteiger partial charge is 0.463 e. The van der Waals surface area contributed by atoms with E-state index in [1.54, 1.807) is 13.1 Å². The van der Waals surface area contributed by atoms with Crippen molar-refractivity contribution in [1.29, 1.82) is 0 Å². The number of carbonyl (C=O) groups is 1. The van der Waals surface area contributed by atoms with Gasteiger partial charge >= 0.3 is 5.97 Å². The first-order valence-electron chi connectivity index (χ1n) is 3.42. The van der Waals surface area contributed by atoms with Gasteiger partial charge in [-0.15, -0.1) is 0 Å². The van der Waals surface area contributed by atoms with Crippen LogP contribution in [0.2, 0.25) is 0 Å². The van der Waals surface area contributed by atoms with Crippen molar-refractivity contribution in [2.24, 2.45) is 0 Å². The van der Waals surface area contributed by atoms with Crippen LogP contribution in [-0.4, -0.2) is 30.6 Å². The lowest BCUT2D eigenvalue weighted by Crippen LogP contribution is -1.99. The van der Waals surface area contributed by atoms with Gasteiger partial charge in [0.15, 0.2) is 0 Å². The summed E-state index contributed by atoms with van der Waals surface area (Å²) in [5, 5.41) is 0. The van der Waals surface area contributed by atoms with E-state index in [-0.39, 0.29) is 5.97 Å². The molecule has 3 heteroatoms. The second-order valence-corrected chi connectivity index (χ2v) is 2.10. The lowest BCUT2D eigenvalue weighted by molar-refractivity contribution is -0.137. The predicted molar refractivity (Wildman–Crippen MR) is 37.3 cm³/mol. The maximum absolute atomic E-state index is 10.6. The third-order valence-corrected chi connectivity index (χ3v) is 1.19. The fourth-order valence-electron chi connectivity index (χ4n) is 0.563. The zero-order valence-corrected chi connectivity index (χ0v) is 6.04. The smallest absolute Gasteiger partial charge is 0.332 e. The average Bonchev–Trinajstić information content (AvgIpc) is 2.67. The summed E-state index contributed by atoms with van der Waals surface area (Å²) in [5.41, 5.74) is 0. The van der Waals surface area contributed by atoms with Crippen LogP contribution in [0.15, 0.2) is 12.3 Å². The number of hydrogen-bond donors (Lipinski definition) is 0. The normalized spacial score (nSPS) is 15.9. The highest BCUT2D eigenvalue weighted by molar-refractivity contribution is 5.81. The van der Waals surface area contributed by atoms with Crippen molar-refractivity contribution in [2.75, 3.05) is 19.7 Å². The Hall–Kier alpha value is -0.990. The number of rotatable bonds is 3. The van der Waals surface area contributed by atoms with Crippen molar-refractivity contribution in [3.8, 4) is 0 Å². The van der Waals surface area contributed by atoms with Gasteiger partial charge < -0.3 is 9.64 Å². The van der Waals surface area contributed by atoms with Gasteiger partial charge in [-0.25, -0.2) is 4.79 Å². The molecule has 1 heterocycles. The van der Waals surface area contributed by atoms with E-state index in [0.717, 1.165) is 13.1 Å². The number of nitrogens with zero attached hydrogens (tertiary/aromatic N) is 1. The quantitative estimate of drug-likeness (QED) is 0.323. The van der Waals surface area contributed by atoms with Gasteiger partial charge in [0.05, 0.1) is 6.61 Å². The first-order valence-corrected chi connectivity index (χ1v) is 3.42. The molecule has 3 nitrogen and oxygen atoms in total. The van der Waals surface area contributed by atoms with Crippen molar-refractivity contribution in [2.45, 2.75) is 6.92 Å². The summed E-state index contributed by atoms with van der Waals surface area (Å²) in [4.78, 5) is 12.7. The SMILES string of the molecule is CCOC(=O)/C=C\N1CC1. The van der Waals surface area contributed by atoms with E-state index in [9.17, 15) is 4.79 Å². The maximum Gasteiger partial charge on any atom is 0.332 e. The summed E-state index contributed by atoms with van der Waals surface area (Å²) in [7, 11) is 0. The molecule has 10 heavy (non-hydrogen) atoms. The van der Waals surface area contributed by atoms with Crippen LogP contribution in [0, 0.1) is 0 Å². The zero-order valence-electron chi connectivity index (χ0n) is 6.04.